The van der Waals surface area contributed by atoms with Crippen LogP contribution in [0.1, 0.15) is 42.7 Å². The van der Waals surface area contributed by atoms with Crippen molar-refractivity contribution >= 4 is 44.2 Å². The molecule has 0 aliphatic heterocycles. The SMILES string of the molecule is O=C(Nc1ccc2sc(NC(=O)C3CCCCC3)nc2c1)c1ccco1. The third-order valence-corrected chi connectivity index (χ3v) is 5.55. The van der Waals surface area contributed by atoms with Crippen molar-refractivity contribution in [2.75, 3.05) is 10.6 Å². The van der Waals surface area contributed by atoms with Gasteiger partial charge in [0.15, 0.2) is 10.9 Å². The minimum atomic E-state index is -0.310. The number of furan rings is 1. The molecule has 6 nitrogen and oxygen atoms in total. The van der Waals surface area contributed by atoms with Gasteiger partial charge in [-0.3, -0.25) is 9.59 Å². The number of nitrogens with zero attached hydrogens (tertiary/aromatic N) is 1. The molecule has 0 atom stereocenters. The number of benzene rings is 1. The number of anilines is 2. The number of carbonyl (C=O) groups excluding carboxylic acids is 2. The highest BCUT2D eigenvalue weighted by Gasteiger charge is 2.22. The molecule has 0 spiro atoms. The molecule has 0 radical (unpaired) electrons. The number of hydrogen-bond donors (Lipinski definition) is 2. The lowest BCUT2D eigenvalue weighted by Crippen LogP contribution is -2.24. The summed E-state index contributed by atoms with van der Waals surface area (Å²) in [5.74, 6) is 0.105. The summed E-state index contributed by atoms with van der Waals surface area (Å²) in [5, 5.41) is 6.33. The van der Waals surface area contributed by atoms with Gasteiger partial charge in [0.2, 0.25) is 5.91 Å². The van der Waals surface area contributed by atoms with Crippen LogP contribution in [-0.2, 0) is 4.79 Å². The third-order valence-electron chi connectivity index (χ3n) is 4.60. The first-order chi connectivity index (χ1) is 12.7. The van der Waals surface area contributed by atoms with E-state index in [0.29, 0.717) is 10.8 Å². The summed E-state index contributed by atoms with van der Waals surface area (Å²) in [6.07, 6.45) is 6.84. The van der Waals surface area contributed by atoms with E-state index in [1.165, 1.54) is 24.0 Å². The van der Waals surface area contributed by atoms with Crippen molar-refractivity contribution in [2.45, 2.75) is 32.1 Å². The quantitative estimate of drug-likeness (QED) is 0.700. The molecule has 3 aromatic rings. The van der Waals surface area contributed by atoms with Gasteiger partial charge in [0.05, 0.1) is 16.5 Å². The van der Waals surface area contributed by atoms with Crippen LogP contribution in [0, 0.1) is 5.92 Å². The molecule has 1 saturated carbocycles. The Morgan fingerprint density at radius 1 is 1.12 bits per heavy atom. The van der Waals surface area contributed by atoms with E-state index in [1.807, 2.05) is 12.1 Å². The highest BCUT2D eigenvalue weighted by molar-refractivity contribution is 7.22. The average Bonchev–Trinajstić information content (AvgIpc) is 3.31. The van der Waals surface area contributed by atoms with Crippen LogP contribution in [0.25, 0.3) is 10.2 Å². The van der Waals surface area contributed by atoms with Gasteiger partial charge in [0.1, 0.15) is 0 Å². The molecule has 2 N–H and O–H groups in total. The fourth-order valence-corrected chi connectivity index (χ4v) is 4.08. The lowest BCUT2D eigenvalue weighted by molar-refractivity contribution is -0.120. The summed E-state index contributed by atoms with van der Waals surface area (Å²) in [4.78, 5) is 28.9. The van der Waals surface area contributed by atoms with Crippen molar-refractivity contribution in [2.24, 2.45) is 5.92 Å². The Bertz CT molecular complexity index is 927. The van der Waals surface area contributed by atoms with Crippen LogP contribution in [0.3, 0.4) is 0 Å². The Morgan fingerprint density at radius 2 is 1.96 bits per heavy atom. The molecule has 2 aromatic heterocycles. The Hall–Kier alpha value is -2.67. The molecule has 7 heteroatoms. The zero-order valence-corrected chi connectivity index (χ0v) is 15.0. The summed E-state index contributed by atoms with van der Waals surface area (Å²) in [6.45, 7) is 0. The third kappa shape index (κ3) is 3.62. The number of nitrogens with one attached hydrogen (secondary N) is 2. The van der Waals surface area contributed by atoms with Gasteiger partial charge in [-0.1, -0.05) is 30.6 Å². The summed E-state index contributed by atoms with van der Waals surface area (Å²) in [7, 11) is 0. The smallest absolute Gasteiger partial charge is 0.291 e. The molecule has 1 aromatic carbocycles. The summed E-state index contributed by atoms with van der Waals surface area (Å²) >= 11 is 1.44. The molecule has 0 unspecified atom stereocenters. The van der Waals surface area contributed by atoms with Gasteiger partial charge in [-0.2, -0.15) is 0 Å². The molecular formula is C19H19N3O3S. The van der Waals surface area contributed by atoms with E-state index in [4.69, 9.17) is 4.42 Å². The van der Waals surface area contributed by atoms with Crippen LogP contribution in [0.15, 0.2) is 41.0 Å². The van der Waals surface area contributed by atoms with E-state index in [9.17, 15) is 9.59 Å². The van der Waals surface area contributed by atoms with E-state index in [-0.39, 0.29) is 23.5 Å². The van der Waals surface area contributed by atoms with Gasteiger partial charge in [0.25, 0.3) is 5.91 Å². The molecule has 1 fully saturated rings. The van der Waals surface area contributed by atoms with E-state index in [2.05, 4.69) is 15.6 Å². The zero-order chi connectivity index (χ0) is 17.9. The molecule has 2 heterocycles. The van der Waals surface area contributed by atoms with E-state index in [0.717, 1.165) is 35.9 Å². The van der Waals surface area contributed by atoms with Crippen LogP contribution in [0.4, 0.5) is 10.8 Å². The number of thiazole rings is 1. The molecule has 2 amide bonds. The predicted octanol–water partition coefficient (Wildman–Crippen LogP) is 4.66. The second-order valence-electron chi connectivity index (χ2n) is 6.46. The molecular weight excluding hydrogens is 350 g/mol. The van der Waals surface area contributed by atoms with Gasteiger partial charge in [0, 0.05) is 11.6 Å². The Balaban J connectivity index is 1.47. The fourth-order valence-electron chi connectivity index (χ4n) is 3.23. The second-order valence-corrected chi connectivity index (χ2v) is 7.49. The van der Waals surface area contributed by atoms with Crippen molar-refractivity contribution in [1.29, 1.82) is 0 Å². The van der Waals surface area contributed by atoms with Gasteiger partial charge in [-0.15, -0.1) is 0 Å². The molecule has 26 heavy (non-hydrogen) atoms. The number of fused-ring (bicyclic) bond motifs is 1. The second kappa shape index (κ2) is 7.29. The first kappa shape index (κ1) is 16.8. The minimum absolute atomic E-state index is 0.0649. The molecule has 4 rings (SSSR count). The maximum absolute atomic E-state index is 12.4. The summed E-state index contributed by atoms with van der Waals surface area (Å²) in [5.41, 5.74) is 1.38. The van der Waals surface area contributed by atoms with Gasteiger partial charge < -0.3 is 15.1 Å². The highest BCUT2D eigenvalue weighted by Crippen LogP contribution is 2.30. The van der Waals surface area contributed by atoms with Crippen LogP contribution < -0.4 is 10.6 Å². The van der Waals surface area contributed by atoms with E-state index < -0.39 is 0 Å². The highest BCUT2D eigenvalue weighted by atomic mass is 32.1. The Labute approximate surface area is 154 Å². The number of hydrogen-bond acceptors (Lipinski definition) is 5. The van der Waals surface area contributed by atoms with Crippen LogP contribution in [0.5, 0.6) is 0 Å². The summed E-state index contributed by atoms with van der Waals surface area (Å²) in [6, 6.07) is 8.77. The van der Waals surface area contributed by atoms with Crippen molar-refractivity contribution in [3.05, 3.63) is 42.4 Å². The predicted molar refractivity (Wildman–Crippen MR) is 101 cm³/mol. The Kier molecular flexibility index (Phi) is 4.71. The van der Waals surface area contributed by atoms with Crippen molar-refractivity contribution < 1.29 is 14.0 Å². The lowest BCUT2D eigenvalue weighted by atomic mass is 9.89. The number of amides is 2. The maximum Gasteiger partial charge on any atom is 0.291 e. The van der Waals surface area contributed by atoms with E-state index in [1.54, 1.807) is 18.2 Å². The standard InChI is InChI=1S/C19H19N3O3S/c23-17(12-5-2-1-3-6-12)22-19-21-14-11-13(8-9-16(14)26-19)20-18(24)15-7-4-10-25-15/h4,7-12H,1-3,5-6H2,(H,20,24)(H,21,22,23). The van der Waals surface area contributed by atoms with Crippen LogP contribution in [0.2, 0.25) is 0 Å². The van der Waals surface area contributed by atoms with Crippen LogP contribution >= 0.6 is 11.3 Å². The maximum atomic E-state index is 12.4. The topological polar surface area (TPSA) is 84.2 Å². The van der Waals surface area contributed by atoms with E-state index >= 15 is 0 Å². The Morgan fingerprint density at radius 3 is 2.73 bits per heavy atom. The van der Waals surface area contributed by atoms with Gasteiger partial charge >= 0.3 is 0 Å². The van der Waals surface area contributed by atoms with Gasteiger partial charge in [-0.05, 0) is 43.2 Å². The fraction of sp³-hybridized carbons (Fsp3) is 0.316. The molecule has 134 valence electrons. The largest absolute Gasteiger partial charge is 0.459 e. The average molecular weight is 369 g/mol. The number of rotatable bonds is 4. The minimum Gasteiger partial charge on any atom is -0.459 e. The molecule has 1 aliphatic rings. The first-order valence-corrected chi connectivity index (χ1v) is 9.57. The summed E-state index contributed by atoms with van der Waals surface area (Å²) < 4.78 is 6.05. The van der Waals surface area contributed by atoms with Crippen LogP contribution in [-0.4, -0.2) is 16.8 Å². The van der Waals surface area contributed by atoms with Gasteiger partial charge in [-0.25, -0.2) is 4.98 Å². The number of aromatic nitrogens is 1. The van der Waals surface area contributed by atoms with Crippen molar-refractivity contribution in [3.8, 4) is 0 Å². The van der Waals surface area contributed by atoms with Crippen molar-refractivity contribution in [1.82, 2.24) is 4.98 Å². The molecule has 0 bridgehead atoms. The molecule has 1 aliphatic carbocycles. The zero-order valence-electron chi connectivity index (χ0n) is 14.2. The number of carbonyl (C=O) groups is 2. The lowest BCUT2D eigenvalue weighted by Gasteiger charge is -2.19. The first-order valence-electron chi connectivity index (χ1n) is 8.75. The van der Waals surface area contributed by atoms with Crippen molar-refractivity contribution in [3.63, 3.8) is 0 Å². The normalized spacial score (nSPS) is 15.1. The molecule has 0 saturated heterocycles. The monoisotopic (exact) mass is 369 g/mol.